The lowest BCUT2D eigenvalue weighted by atomic mass is 9.84. The van der Waals surface area contributed by atoms with E-state index in [9.17, 15) is 9.59 Å². The number of benzene rings is 1. The Hall–Kier alpha value is -1.64. The summed E-state index contributed by atoms with van der Waals surface area (Å²) in [5.41, 5.74) is 1.64. The number of carboxylic acid groups (broad SMARTS) is 1. The Balaban J connectivity index is 2.35. The van der Waals surface area contributed by atoms with Gasteiger partial charge in [-0.15, -0.1) is 0 Å². The molecule has 1 N–H and O–H groups in total. The molecule has 0 atom stereocenters. The SMILES string of the molecule is CC(C)(C(=O)O)C(=O)c1ccc2c(c1)CCC2. The molecule has 0 bridgehead atoms. The van der Waals surface area contributed by atoms with Crippen LogP contribution in [-0.4, -0.2) is 16.9 Å². The van der Waals surface area contributed by atoms with Crippen LogP contribution in [-0.2, 0) is 17.6 Å². The second kappa shape index (κ2) is 3.99. The number of fused-ring (bicyclic) bond motifs is 1. The summed E-state index contributed by atoms with van der Waals surface area (Å²) in [5, 5.41) is 9.05. The van der Waals surface area contributed by atoms with Crippen LogP contribution in [0.4, 0.5) is 0 Å². The van der Waals surface area contributed by atoms with Crippen LogP contribution in [0.1, 0.15) is 41.8 Å². The summed E-state index contributed by atoms with van der Waals surface area (Å²) in [6, 6.07) is 5.56. The highest BCUT2D eigenvalue weighted by Crippen LogP contribution is 2.27. The smallest absolute Gasteiger partial charge is 0.316 e. The highest BCUT2D eigenvalue weighted by molar-refractivity contribution is 6.11. The van der Waals surface area contributed by atoms with Crippen LogP contribution < -0.4 is 0 Å². The summed E-state index contributed by atoms with van der Waals surface area (Å²) in [6.07, 6.45) is 3.17. The van der Waals surface area contributed by atoms with E-state index in [-0.39, 0.29) is 5.78 Å². The molecule has 0 unspecified atom stereocenters. The Bertz CT molecular complexity index is 486. The number of carboxylic acids is 1. The van der Waals surface area contributed by atoms with Crippen molar-refractivity contribution in [3.05, 3.63) is 34.9 Å². The van der Waals surface area contributed by atoms with Gasteiger partial charge in [-0.1, -0.05) is 12.1 Å². The number of hydrogen-bond acceptors (Lipinski definition) is 2. The van der Waals surface area contributed by atoms with E-state index in [0.717, 1.165) is 19.3 Å². The van der Waals surface area contributed by atoms with Crippen molar-refractivity contribution < 1.29 is 14.7 Å². The summed E-state index contributed by atoms with van der Waals surface area (Å²) >= 11 is 0. The quantitative estimate of drug-likeness (QED) is 0.643. The minimum Gasteiger partial charge on any atom is -0.481 e. The maximum atomic E-state index is 12.1. The predicted octanol–water partition coefficient (Wildman–Crippen LogP) is 2.47. The van der Waals surface area contributed by atoms with Gasteiger partial charge in [0.05, 0.1) is 0 Å². The van der Waals surface area contributed by atoms with Crippen LogP contribution in [0.25, 0.3) is 0 Å². The molecule has 1 aromatic rings. The van der Waals surface area contributed by atoms with Crippen molar-refractivity contribution in [3.63, 3.8) is 0 Å². The topological polar surface area (TPSA) is 54.4 Å². The first-order chi connectivity index (χ1) is 7.93. The van der Waals surface area contributed by atoms with Crippen LogP contribution in [0, 0.1) is 5.41 Å². The lowest BCUT2D eigenvalue weighted by molar-refractivity contribution is -0.144. The van der Waals surface area contributed by atoms with E-state index in [1.807, 2.05) is 12.1 Å². The minimum atomic E-state index is -1.35. The van der Waals surface area contributed by atoms with Crippen molar-refractivity contribution in [2.24, 2.45) is 5.41 Å². The van der Waals surface area contributed by atoms with Gasteiger partial charge in [0.1, 0.15) is 5.41 Å². The summed E-state index contributed by atoms with van der Waals surface area (Å²) in [4.78, 5) is 23.2. The monoisotopic (exact) mass is 232 g/mol. The molecule has 17 heavy (non-hydrogen) atoms. The van der Waals surface area contributed by atoms with Crippen LogP contribution >= 0.6 is 0 Å². The van der Waals surface area contributed by atoms with E-state index in [1.165, 1.54) is 25.0 Å². The van der Waals surface area contributed by atoms with E-state index in [2.05, 4.69) is 0 Å². The Labute approximate surface area is 100 Å². The van der Waals surface area contributed by atoms with E-state index < -0.39 is 11.4 Å². The Morgan fingerprint density at radius 2 is 1.82 bits per heavy atom. The van der Waals surface area contributed by atoms with Crippen molar-refractivity contribution in [3.8, 4) is 0 Å². The number of carbonyl (C=O) groups is 2. The molecule has 0 aliphatic heterocycles. The van der Waals surface area contributed by atoms with Gasteiger partial charge >= 0.3 is 5.97 Å². The molecule has 90 valence electrons. The molecule has 0 fully saturated rings. The van der Waals surface area contributed by atoms with Crippen LogP contribution in [0.5, 0.6) is 0 Å². The molecule has 0 saturated heterocycles. The van der Waals surface area contributed by atoms with E-state index >= 15 is 0 Å². The first-order valence-electron chi connectivity index (χ1n) is 5.83. The Kier molecular flexibility index (Phi) is 2.77. The first kappa shape index (κ1) is 11.8. The van der Waals surface area contributed by atoms with Gasteiger partial charge in [0, 0.05) is 5.56 Å². The lowest BCUT2D eigenvalue weighted by Crippen LogP contribution is -2.33. The largest absolute Gasteiger partial charge is 0.481 e. The summed E-state index contributed by atoms with van der Waals surface area (Å²) in [6.45, 7) is 2.90. The standard InChI is InChI=1S/C14H16O3/c1-14(2,13(16)17)12(15)11-7-6-9-4-3-5-10(9)8-11/h6-8H,3-5H2,1-2H3,(H,16,17). The molecular formula is C14H16O3. The number of hydrogen-bond donors (Lipinski definition) is 1. The number of ketones is 1. The fraction of sp³-hybridized carbons (Fsp3) is 0.429. The van der Waals surface area contributed by atoms with Crippen LogP contribution in [0.2, 0.25) is 0 Å². The molecule has 1 aliphatic rings. The summed E-state index contributed by atoms with van der Waals surface area (Å²) in [7, 11) is 0. The molecule has 0 saturated carbocycles. The molecule has 0 radical (unpaired) electrons. The average Bonchev–Trinajstić information content (AvgIpc) is 2.74. The molecule has 2 rings (SSSR count). The van der Waals surface area contributed by atoms with Gasteiger partial charge in [-0.3, -0.25) is 9.59 Å². The highest BCUT2D eigenvalue weighted by atomic mass is 16.4. The molecule has 0 amide bonds. The molecular weight excluding hydrogens is 216 g/mol. The second-order valence-corrected chi connectivity index (χ2v) is 5.10. The van der Waals surface area contributed by atoms with Crippen molar-refractivity contribution in [2.45, 2.75) is 33.1 Å². The number of aliphatic carboxylic acids is 1. The Morgan fingerprint density at radius 1 is 1.18 bits per heavy atom. The van der Waals surface area contributed by atoms with Gasteiger partial charge in [0.15, 0.2) is 5.78 Å². The van der Waals surface area contributed by atoms with Gasteiger partial charge in [-0.05, 0) is 50.3 Å². The molecule has 0 heterocycles. The number of rotatable bonds is 3. The lowest BCUT2D eigenvalue weighted by Gasteiger charge is -2.17. The normalized spacial score (nSPS) is 14.5. The van der Waals surface area contributed by atoms with E-state index in [1.54, 1.807) is 6.07 Å². The third-order valence-electron chi connectivity index (χ3n) is 3.46. The maximum Gasteiger partial charge on any atom is 0.316 e. The zero-order chi connectivity index (χ0) is 12.6. The Morgan fingerprint density at radius 3 is 2.47 bits per heavy atom. The van der Waals surface area contributed by atoms with Crippen LogP contribution in [0.15, 0.2) is 18.2 Å². The van der Waals surface area contributed by atoms with Crippen molar-refractivity contribution in [1.29, 1.82) is 0 Å². The van der Waals surface area contributed by atoms with E-state index in [4.69, 9.17) is 5.11 Å². The highest BCUT2D eigenvalue weighted by Gasteiger charge is 2.36. The first-order valence-corrected chi connectivity index (χ1v) is 5.83. The van der Waals surface area contributed by atoms with Crippen LogP contribution in [0.3, 0.4) is 0 Å². The zero-order valence-corrected chi connectivity index (χ0v) is 10.1. The van der Waals surface area contributed by atoms with Crippen molar-refractivity contribution >= 4 is 11.8 Å². The molecule has 1 aromatic carbocycles. The summed E-state index contributed by atoms with van der Waals surface area (Å²) < 4.78 is 0. The predicted molar refractivity (Wildman–Crippen MR) is 64.2 cm³/mol. The summed E-state index contributed by atoms with van der Waals surface area (Å²) in [5.74, 6) is -1.40. The third kappa shape index (κ3) is 1.97. The van der Waals surface area contributed by atoms with Gasteiger partial charge in [0.2, 0.25) is 0 Å². The van der Waals surface area contributed by atoms with Gasteiger partial charge in [-0.2, -0.15) is 0 Å². The van der Waals surface area contributed by atoms with Gasteiger partial charge in [-0.25, -0.2) is 0 Å². The fourth-order valence-electron chi connectivity index (χ4n) is 2.17. The third-order valence-corrected chi connectivity index (χ3v) is 3.46. The molecule has 1 aliphatic carbocycles. The van der Waals surface area contributed by atoms with Gasteiger partial charge < -0.3 is 5.11 Å². The maximum absolute atomic E-state index is 12.1. The number of carbonyl (C=O) groups excluding carboxylic acids is 1. The molecule has 3 heteroatoms. The average molecular weight is 232 g/mol. The fourth-order valence-corrected chi connectivity index (χ4v) is 2.17. The van der Waals surface area contributed by atoms with Gasteiger partial charge in [0.25, 0.3) is 0 Å². The molecule has 0 spiro atoms. The van der Waals surface area contributed by atoms with Crippen molar-refractivity contribution in [2.75, 3.05) is 0 Å². The molecule has 0 aromatic heterocycles. The molecule has 3 nitrogen and oxygen atoms in total. The number of Topliss-reactive ketones (excluding diaryl/α,β-unsaturated/α-hetero) is 1. The zero-order valence-electron chi connectivity index (χ0n) is 10.1. The second-order valence-electron chi connectivity index (χ2n) is 5.10. The number of aryl methyl sites for hydroxylation is 2. The minimum absolute atomic E-state index is 0.320. The van der Waals surface area contributed by atoms with Crippen molar-refractivity contribution in [1.82, 2.24) is 0 Å². The van der Waals surface area contributed by atoms with E-state index in [0.29, 0.717) is 5.56 Å².